The van der Waals surface area contributed by atoms with Crippen molar-refractivity contribution >= 4 is 11.3 Å². The summed E-state index contributed by atoms with van der Waals surface area (Å²) in [7, 11) is 0. The van der Waals surface area contributed by atoms with E-state index in [9.17, 15) is 0 Å². The second-order valence-electron chi connectivity index (χ2n) is 2.77. The van der Waals surface area contributed by atoms with E-state index >= 15 is 0 Å². The molecule has 11 heavy (non-hydrogen) atoms. The third kappa shape index (κ3) is 0.982. The molecule has 2 heterocycles. The number of aliphatic hydroxyl groups is 1. The van der Waals surface area contributed by atoms with Crippen molar-refractivity contribution in [2.24, 2.45) is 0 Å². The molecule has 1 saturated heterocycles. The van der Waals surface area contributed by atoms with E-state index in [4.69, 9.17) is 9.84 Å². The number of hydrogen-bond donors (Lipinski definition) is 1. The minimum atomic E-state index is -0.172. The van der Waals surface area contributed by atoms with Crippen LogP contribution >= 0.6 is 11.3 Å². The molecule has 0 atom stereocenters. The maximum absolute atomic E-state index is 9.09. The molecule has 0 aliphatic carbocycles. The number of ether oxygens (including phenoxy) is 1. The van der Waals surface area contributed by atoms with Crippen LogP contribution in [0.4, 0.5) is 0 Å². The van der Waals surface area contributed by atoms with E-state index in [1.165, 1.54) is 0 Å². The SMILES string of the molecule is OCC1(c2nccs2)COC1. The predicted octanol–water partition coefficient (Wildman–Crippen LogP) is 0.403. The Balaban J connectivity index is 2.25. The van der Waals surface area contributed by atoms with Gasteiger partial charge in [-0.25, -0.2) is 4.98 Å². The minimum absolute atomic E-state index is 0.139. The Morgan fingerprint density at radius 3 is 2.91 bits per heavy atom. The molecule has 1 aromatic rings. The molecule has 1 aliphatic rings. The molecule has 60 valence electrons. The standard InChI is InChI=1S/C7H9NO2S/c9-3-7(4-10-5-7)6-8-1-2-11-6/h1-2,9H,3-5H2. The monoisotopic (exact) mass is 171 g/mol. The summed E-state index contributed by atoms with van der Waals surface area (Å²) in [6.45, 7) is 1.36. The van der Waals surface area contributed by atoms with Gasteiger partial charge in [-0.05, 0) is 0 Å². The van der Waals surface area contributed by atoms with Crippen molar-refractivity contribution in [3.63, 3.8) is 0 Å². The van der Waals surface area contributed by atoms with Crippen LogP contribution in [0.2, 0.25) is 0 Å². The summed E-state index contributed by atoms with van der Waals surface area (Å²) in [5.74, 6) is 0. The summed E-state index contributed by atoms with van der Waals surface area (Å²) in [6, 6.07) is 0. The largest absolute Gasteiger partial charge is 0.395 e. The van der Waals surface area contributed by atoms with Gasteiger partial charge >= 0.3 is 0 Å². The van der Waals surface area contributed by atoms with Crippen LogP contribution in [0.3, 0.4) is 0 Å². The molecular weight excluding hydrogens is 162 g/mol. The van der Waals surface area contributed by atoms with Crippen LogP contribution < -0.4 is 0 Å². The van der Waals surface area contributed by atoms with Crippen molar-refractivity contribution in [3.8, 4) is 0 Å². The number of nitrogens with zero attached hydrogens (tertiary/aromatic N) is 1. The molecular formula is C7H9NO2S. The van der Waals surface area contributed by atoms with Gasteiger partial charge in [-0.2, -0.15) is 0 Å². The summed E-state index contributed by atoms with van der Waals surface area (Å²) >= 11 is 1.58. The summed E-state index contributed by atoms with van der Waals surface area (Å²) in [6.07, 6.45) is 1.76. The second-order valence-corrected chi connectivity index (χ2v) is 3.66. The highest BCUT2D eigenvalue weighted by Crippen LogP contribution is 2.32. The molecule has 4 heteroatoms. The molecule has 0 radical (unpaired) electrons. The lowest BCUT2D eigenvalue weighted by Gasteiger charge is -2.37. The van der Waals surface area contributed by atoms with Crippen LogP contribution in [0.5, 0.6) is 0 Å². The highest BCUT2D eigenvalue weighted by molar-refractivity contribution is 7.09. The van der Waals surface area contributed by atoms with Gasteiger partial charge in [-0.3, -0.25) is 0 Å². The van der Waals surface area contributed by atoms with E-state index in [1.54, 1.807) is 17.5 Å². The van der Waals surface area contributed by atoms with Gasteiger partial charge in [0.1, 0.15) is 5.01 Å². The summed E-state index contributed by atoms with van der Waals surface area (Å²) in [5.41, 5.74) is -0.172. The average Bonchev–Trinajstić information content (AvgIpc) is 2.39. The van der Waals surface area contributed by atoms with Gasteiger partial charge < -0.3 is 9.84 Å². The molecule has 0 amide bonds. The second kappa shape index (κ2) is 2.55. The predicted molar refractivity (Wildman–Crippen MR) is 41.7 cm³/mol. The fourth-order valence-electron chi connectivity index (χ4n) is 1.12. The molecule has 1 aromatic heterocycles. The molecule has 0 saturated carbocycles. The Morgan fingerprint density at radius 2 is 2.55 bits per heavy atom. The zero-order chi connectivity index (χ0) is 7.73. The third-order valence-electron chi connectivity index (χ3n) is 1.95. The first kappa shape index (κ1) is 7.21. The Kier molecular flexibility index (Phi) is 1.67. The Bertz CT molecular complexity index is 225. The van der Waals surface area contributed by atoms with Gasteiger partial charge in [0.05, 0.1) is 25.2 Å². The molecule has 1 fully saturated rings. The fraction of sp³-hybridized carbons (Fsp3) is 0.571. The van der Waals surface area contributed by atoms with Crippen LogP contribution in [-0.2, 0) is 10.2 Å². The quantitative estimate of drug-likeness (QED) is 0.700. The van der Waals surface area contributed by atoms with Gasteiger partial charge in [0.15, 0.2) is 0 Å². The minimum Gasteiger partial charge on any atom is -0.395 e. The smallest absolute Gasteiger partial charge is 0.106 e. The zero-order valence-electron chi connectivity index (χ0n) is 5.99. The van der Waals surface area contributed by atoms with Gasteiger partial charge in [0, 0.05) is 11.6 Å². The van der Waals surface area contributed by atoms with E-state index < -0.39 is 0 Å². The van der Waals surface area contributed by atoms with Gasteiger partial charge in [-0.15, -0.1) is 11.3 Å². The van der Waals surface area contributed by atoms with Crippen molar-refractivity contribution < 1.29 is 9.84 Å². The van der Waals surface area contributed by atoms with Gasteiger partial charge in [0.2, 0.25) is 0 Å². The van der Waals surface area contributed by atoms with Gasteiger partial charge in [0.25, 0.3) is 0 Å². The van der Waals surface area contributed by atoms with E-state index in [2.05, 4.69) is 4.98 Å². The number of hydrogen-bond acceptors (Lipinski definition) is 4. The maximum Gasteiger partial charge on any atom is 0.106 e. The number of aromatic nitrogens is 1. The van der Waals surface area contributed by atoms with Crippen LogP contribution in [0.25, 0.3) is 0 Å². The van der Waals surface area contributed by atoms with Crippen LogP contribution in [0.1, 0.15) is 5.01 Å². The molecule has 0 bridgehead atoms. The molecule has 3 nitrogen and oxygen atoms in total. The molecule has 2 rings (SSSR count). The van der Waals surface area contributed by atoms with E-state index in [0.29, 0.717) is 13.2 Å². The molecule has 0 spiro atoms. The maximum atomic E-state index is 9.09. The lowest BCUT2D eigenvalue weighted by molar-refractivity contribution is -0.0842. The lowest BCUT2D eigenvalue weighted by Crippen LogP contribution is -2.49. The first-order valence-corrected chi connectivity index (χ1v) is 4.34. The van der Waals surface area contributed by atoms with Crippen molar-refractivity contribution in [2.45, 2.75) is 5.41 Å². The Labute approximate surface area is 68.7 Å². The highest BCUT2D eigenvalue weighted by atomic mass is 32.1. The van der Waals surface area contributed by atoms with E-state index in [-0.39, 0.29) is 12.0 Å². The van der Waals surface area contributed by atoms with Crippen molar-refractivity contribution in [2.75, 3.05) is 19.8 Å². The lowest BCUT2D eigenvalue weighted by atomic mass is 9.88. The number of aliphatic hydroxyl groups excluding tert-OH is 1. The average molecular weight is 171 g/mol. The van der Waals surface area contributed by atoms with Crippen molar-refractivity contribution in [3.05, 3.63) is 16.6 Å². The number of thiazole rings is 1. The van der Waals surface area contributed by atoms with E-state index in [1.807, 2.05) is 5.38 Å². The van der Waals surface area contributed by atoms with E-state index in [0.717, 1.165) is 5.01 Å². The van der Waals surface area contributed by atoms with Crippen LogP contribution in [0, 0.1) is 0 Å². The number of rotatable bonds is 2. The Morgan fingerprint density at radius 1 is 1.73 bits per heavy atom. The summed E-state index contributed by atoms with van der Waals surface area (Å²) in [4.78, 5) is 4.16. The molecule has 1 aliphatic heterocycles. The molecule has 1 N–H and O–H groups in total. The van der Waals surface area contributed by atoms with Crippen LogP contribution in [-0.4, -0.2) is 29.9 Å². The first-order valence-electron chi connectivity index (χ1n) is 3.46. The van der Waals surface area contributed by atoms with Crippen molar-refractivity contribution in [1.29, 1.82) is 0 Å². The zero-order valence-corrected chi connectivity index (χ0v) is 6.80. The van der Waals surface area contributed by atoms with Gasteiger partial charge in [-0.1, -0.05) is 0 Å². The fourth-order valence-corrected chi connectivity index (χ4v) is 1.92. The topological polar surface area (TPSA) is 42.4 Å². The highest BCUT2D eigenvalue weighted by Gasteiger charge is 2.42. The Hall–Kier alpha value is -0.450. The molecule has 0 unspecified atom stereocenters. The third-order valence-corrected chi connectivity index (χ3v) is 2.96. The van der Waals surface area contributed by atoms with Crippen LogP contribution in [0.15, 0.2) is 11.6 Å². The summed E-state index contributed by atoms with van der Waals surface area (Å²) < 4.78 is 5.06. The first-order chi connectivity index (χ1) is 5.37. The summed E-state index contributed by atoms with van der Waals surface area (Å²) in [5, 5.41) is 12.0. The normalized spacial score (nSPS) is 21.2. The molecule has 0 aromatic carbocycles. The van der Waals surface area contributed by atoms with Crippen molar-refractivity contribution in [1.82, 2.24) is 4.98 Å².